The Balaban J connectivity index is 2.30. The van der Waals surface area contributed by atoms with Crippen LogP contribution in [0, 0.1) is 5.41 Å². The number of nitrogens with one attached hydrogen (secondary N) is 2. The van der Waals surface area contributed by atoms with Crippen molar-refractivity contribution in [2.24, 2.45) is 5.41 Å². The minimum absolute atomic E-state index is 0.0231. The Kier molecular flexibility index (Phi) is 5.75. The molecular formula is C13H26N2O2. The molecule has 2 amide bonds. The molecule has 1 atom stereocenters. The fourth-order valence-electron chi connectivity index (χ4n) is 2.37. The van der Waals surface area contributed by atoms with E-state index in [4.69, 9.17) is 5.11 Å². The van der Waals surface area contributed by atoms with E-state index >= 15 is 0 Å². The Morgan fingerprint density at radius 2 is 1.88 bits per heavy atom. The summed E-state index contributed by atoms with van der Waals surface area (Å²) < 4.78 is 0. The van der Waals surface area contributed by atoms with Gasteiger partial charge < -0.3 is 15.7 Å². The largest absolute Gasteiger partial charge is 0.394 e. The molecule has 4 heteroatoms. The number of carbonyl (C=O) groups is 1. The number of urea groups is 1. The molecule has 1 fully saturated rings. The van der Waals surface area contributed by atoms with Gasteiger partial charge in [0.15, 0.2) is 0 Å². The van der Waals surface area contributed by atoms with Gasteiger partial charge in [-0.25, -0.2) is 4.79 Å². The zero-order valence-corrected chi connectivity index (χ0v) is 11.1. The summed E-state index contributed by atoms with van der Waals surface area (Å²) in [5.41, 5.74) is 0.246. The van der Waals surface area contributed by atoms with Crippen LogP contribution in [0.5, 0.6) is 0 Å². The van der Waals surface area contributed by atoms with Crippen LogP contribution in [0.25, 0.3) is 0 Å². The molecule has 0 unspecified atom stereocenters. The number of aliphatic hydroxyl groups excluding tert-OH is 1. The lowest BCUT2D eigenvalue weighted by atomic mass is 9.82. The number of hydrogen-bond donors (Lipinski definition) is 3. The van der Waals surface area contributed by atoms with E-state index in [9.17, 15) is 4.79 Å². The van der Waals surface area contributed by atoms with Crippen molar-refractivity contribution >= 4 is 6.03 Å². The highest BCUT2D eigenvalue weighted by atomic mass is 16.3. The van der Waals surface area contributed by atoms with Crippen LogP contribution in [0.1, 0.15) is 52.4 Å². The lowest BCUT2D eigenvalue weighted by molar-refractivity contribution is 0.209. The highest BCUT2D eigenvalue weighted by Crippen LogP contribution is 2.33. The van der Waals surface area contributed by atoms with E-state index in [2.05, 4.69) is 17.6 Å². The molecule has 1 aliphatic rings. The molecule has 0 aromatic heterocycles. The second-order valence-electron chi connectivity index (χ2n) is 5.64. The number of carbonyl (C=O) groups excluding carboxylic acids is 1. The van der Waals surface area contributed by atoms with Gasteiger partial charge in [-0.2, -0.15) is 0 Å². The van der Waals surface area contributed by atoms with Gasteiger partial charge in [0, 0.05) is 6.54 Å². The third-order valence-electron chi connectivity index (χ3n) is 3.64. The van der Waals surface area contributed by atoms with Crippen molar-refractivity contribution in [3.05, 3.63) is 0 Å². The first-order valence-corrected chi connectivity index (χ1v) is 6.71. The Bertz CT molecular complexity index is 236. The van der Waals surface area contributed by atoms with Crippen LogP contribution in [-0.2, 0) is 0 Å². The molecule has 0 radical (unpaired) electrons. The molecule has 1 rings (SSSR count). The summed E-state index contributed by atoms with van der Waals surface area (Å²) in [6.45, 7) is 4.75. The van der Waals surface area contributed by atoms with Crippen LogP contribution in [0.3, 0.4) is 0 Å². The standard InChI is InChI=1S/C13H26N2O2/c1-11(9-16)15-12(17)14-10-13(2)7-5-3-4-6-8-13/h11,16H,3-10H2,1-2H3,(H2,14,15,17)/t11-/m0/s1. The molecule has 0 heterocycles. The first-order valence-electron chi connectivity index (χ1n) is 6.71. The van der Waals surface area contributed by atoms with E-state index in [0.717, 1.165) is 6.54 Å². The summed E-state index contributed by atoms with van der Waals surface area (Å²) in [4.78, 5) is 11.5. The maximum Gasteiger partial charge on any atom is 0.315 e. The number of aliphatic hydroxyl groups is 1. The second-order valence-corrected chi connectivity index (χ2v) is 5.64. The maximum atomic E-state index is 11.5. The smallest absolute Gasteiger partial charge is 0.315 e. The van der Waals surface area contributed by atoms with E-state index < -0.39 is 0 Å². The molecule has 0 saturated heterocycles. The monoisotopic (exact) mass is 242 g/mol. The Morgan fingerprint density at radius 1 is 1.29 bits per heavy atom. The fourth-order valence-corrected chi connectivity index (χ4v) is 2.37. The van der Waals surface area contributed by atoms with Crippen molar-refractivity contribution in [2.75, 3.05) is 13.2 Å². The molecule has 4 nitrogen and oxygen atoms in total. The predicted octanol–water partition coefficient (Wildman–Crippen LogP) is 2.03. The zero-order valence-electron chi connectivity index (χ0n) is 11.1. The maximum absolute atomic E-state index is 11.5. The number of rotatable bonds is 4. The molecular weight excluding hydrogens is 216 g/mol. The molecule has 0 aromatic carbocycles. The zero-order chi connectivity index (χ0) is 12.7. The average molecular weight is 242 g/mol. The van der Waals surface area contributed by atoms with Gasteiger partial charge in [0.1, 0.15) is 0 Å². The van der Waals surface area contributed by atoms with Gasteiger partial charge in [-0.3, -0.25) is 0 Å². The summed E-state index contributed by atoms with van der Waals surface area (Å²) in [6.07, 6.45) is 7.58. The summed E-state index contributed by atoms with van der Waals surface area (Å²) in [7, 11) is 0. The van der Waals surface area contributed by atoms with E-state index in [-0.39, 0.29) is 24.1 Å². The third-order valence-corrected chi connectivity index (χ3v) is 3.64. The van der Waals surface area contributed by atoms with Crippen LogP contribution in [0.2, 0.25) is 0 Å². The SMILES string of the molecule is C[C@@H](CO)NC(=O)NCC1(C)CCCCCC1. The first kappa shape index (κ1) is 14.3. The van der Waals surface area contributed by atoms with Crippen LogP contribution >= 0.6 is 0 Å². The molecule has 0 spiro atoms. The number of amides is 2. The summed E-state index contributed by atoms with van der Waals surface area (Å²) in [5, 5.41) is 14.5. The van der Waals surface area contributed by atoms with Crippen LogP contribution in [-0.4, -0.2) is 30.3 Å². The Hall–Kier alpha value is -0.770. The predicted molar refractivity (Wildman–Crippen MR) is 68.9 cm³/mol. The van der Waals surface area contributed by atoms with E-state index in [0.29, 0.717) is 0 Å². The molecule has 0 aromatic rings. The quantitative estimate of drug-likeness (QED) is 0.661. The summed E-state index contributed by atoms with van der Waals surface area (Å²) >= 11 is 0. The van der Waals surface area contributed by atoms with E-state index in [1.165, 1.54) is 38.5 Å². The minimum atomic E-state index is -0.183. The molecule has 17 heavy (non-hydrogen) atoms. The molecule has 100 valence electrons. The van der Waals surface area contributed by atoms with Crippen LogP contribution in [0.15, 0.2) is 0 Å². The van der Waals surface area contributed by atoms with E-state index in [1.54, 1.807) is 6.92 Å². The van der Waals surface area contributed by atoms with Crippen LogP contribution in [0.4, 0.5) is 4.79 Å². The molecule has 1 saturated carbocycles. The van der Waals surface area contributed by atoms with Crippen molar-refractivity contribution in [3.8, 4) is 0 Å². The van der Waals surface area contributed by atoms with Gasteiger partial charge in [0.2, 0.25) is 0 Å². The van der Waals surface area contributed by atoms with Gasteiger partial charge >= 0.3 is 6.03 Å². The second kappa shape index (κ2) is 6.84. The normalized spacial score (nSPS) is 21.4. The third kappa shape index (κ3) is 5.39. The Labute approximate surface area is 104 Å². The molecule has 0 aliphatic heterocycles. The Morgan fingerprint density at radius 3 is 2.41 bits per heavy atom. The van der Waals surface area contributed by atoms with Gasteiger partial charge in [0.25, 0.3) is 0 Å². The van der Waals surface area contributed by atoms with Crippen molar-refractivity contribution in [1.29, 1.82) is 0 Å². The van der Waals surface area contributed by atoms with E-state index in [1.807, 2.05) is 0 Å². The number of hydrogen-bond acceptors (Lipinski definition) is 2. The minimum Gasteiger partial charge on any atom is -0.394 e. The van der Waals surface area contributed by atoms with Crippen molar-refractivity contribution < 1.29 is 9.90 Å². The topological polar surface area (TPSA) is 61.4 Å². The lowest BCUT2D eigenvalue weighted by Crippen LogP contribution is -2.45. The summed E-state index contributed by atoms with van der Waals surface area (Å²) in [6, 6.07) is -0.353. The molecule has 3 N–H and O–H groups in total. The van der Waals surface area contributed by atoms with Gasteiger partial charge in [-0.15, -0.1) is 0 Å². The highest BCUT2D eigenvalue weighted by molar-refractivity contribution is 5.74. The lowest BCUT2D eigenvalue weighted by Gasteiger charge is -2.28. The fraction of sp³-hybridized carbons (Fsp3) is 0.923. The summed E-state index contributed by atoms with van der Waals surface area (Å²) in [5.74, 6) is 0. The van der Waals surface area contributed by atoms with Crippen LogP contribution < -0.4 is 10.6 Å². The van der Waals surface area contributed by atoms with Gasteiger partial charge in [-0.05, 0) is 25.2 Å². The van der Waals surface area contributed by atoms with Crippen molar-refractivity contribution in [2.45, 2.75) is 58.4 Å². The van der Waals surface area contributed by atoms with Gasteiger partial charge in [-0.1, -0.05) is 32.6 Å². The molecule has 1 aliphatic carbocycles. The first-order chi connectivity index (χ1) is 8.06. The van der Waals surface area contributed by atoms with Crippen molar-refractivity contribution in [3.63, 3.8) is 0 Å². The molecule has 0 bridgehead atoms. The van der Waals surface area contributed by atoms with Crippen molar-refractivity contribution in [1.82, 2.24) is 10.6 Å². The average Bonchev–Trinajstić information content (AvgIpc) is 2.52. The highest BCUT2D eigenvalue weighted by Gasteiger charge is 2.26. The van der Waals surface area contributed by atoms with Gasteiger partial charge in [0.05, 0.1) is 12.6 Å².